The summed E-state index contributed by atoms with van der Waals surface area (Å²) in [7, 11) is 0. The lowest BCUT2D eigenvalue weighted by atomic mass is 9.95. The number of carbonyl (C=O) groups is 2. The fraction of sp³-hybridized carbons (Fsp3) is 0.121. The molecule has 1 N–H and O–H groups in total. The number of fused-ring (bicyclic) bond motifs is 1. The lowest BCUT2D eigenvalue weighted by Gasteiger charge is -2.23. The zero-order valence-electron chi connectivity index (χ0n) is 22.5. The smallest absolute Gasteiger partial charge is 0.301 e. The van der Waals surface area contributed by atoms with Gasteiger partial charge in [0.1, 0.15) is 23.9 Å². The fourth-order valence-corrected chi connectivity index (χ4v) is 6.15. The number of aliphatic hydroxyl groups is 1. The monoisotopic (exact) mass is 596 g/mol. The van der Waals surface area contributed by atoms with Crippen molar-refractivity contribution in [3.63, 3.8) is 0 Å². The van der Waals surface area contributed by atoms with Gasteiger partial charge in [-0.25, -0.2) is 4.98 Å². The molecule has 0 aliphatic carbocycles. The normalized spacial score (nSPS) is 16.2. The van der Waals surface area contributed by atoms with E-state index in [0.29, 0.717) is 51.5 Å². The number of amides is 1. The molecule has 4 aromatic carbocycles. The standard InChI is InChI=1S/C33H25ClN2O5S/c1-2-40-25-10-6-9-22(17-25)30(37)28-29(21-11-14-24(15-12-21)41-19-20-7-4-3-5-8-20)36(32(39)31(28)38)33-35-26-16-13-23(34)18-27(26)42-33/h3-18,29,37H,2,19H2,1H3/b30-28+. The molecular weight excluding hydrogens is 572 g/mol. The maximum Gasteiger partial charge on any atom is 0.301 e. The highest BCUT2D eigenvalue weighted by Gasteiger charge is 2.48. The first-order chi connectivity index (χ1) is 20.4. The Kier molecular flexibility index (Phi) is 7.65. The number of benzene rings is 4. The third-order valence-corrected chi connectivity index (χ3v) is 8.10. The van der Waals surface area contributed by atoms with Crippen molar-refractivity contribution < 1.29 is 24.2 Å². The number of carbonyl (C=O) groups excluding carboxylic acids is 2. The SMILES string of the molecule is CCOc1cccc(/C(O)=C2\C(=O)C(=O)N(c3nc4ccc(Cl)cc4s3)C2c2ccc(OCc3ccccc3)cc2)c1. The maximum absolute atomic E-state index is 13.6. The molecule has 9 heteroatoms. The molecule has 7 nitrogen and oxygen atoms in total. The van der Waals surface area contributed by atoms with Crippen LogP contribution in [0.3, 0.4) is 0 Å². The Balaban J connectivity index is 1.43. The number of rotatable bonds is 8. The molecule has 1 aromatic heterocycles. The van der Waals surface area contributed by atoms with Gasteiger partial charge in [0.05, 0.1) is 28.4 Å². The first-order valence-electron chi connectivity index (χ1n) is 13.3. The number of nitrogens with zero attached hydrogens (tertiary/aromatic N) is 2. The van der Waals surface area contributed by atoms with Gasteiger partial charge >= 0.3 is 5.91 Å². The van der Waals surface area contributed by atoms with Crippen molar-refractivity contribution in [3.8, 4) is 11.5 Å². The molecule has 0 spiro atoms. The summed E-state index contributed by atoms with van der Waals surface area (Å²) in [5, 5.41) is 12.4. The van der Waals surface area contributed by atoms with E-state index >= 15 is 0 Å². The Morgan fingerprint density at radius 2 is 1.71 bits per heavy atom. The number of aliphatic hydroxyl groups excluding tert-OH is 1. The maximum atomic E-state index is 13.6. The lowest BCUT2D eigenvalue weighted by Crippen LogP contribution is -2.29. The van der Waals surface area contributed by atoms with E-state index < -0.39 is 17.7 Å². The summed E-state index contributed by atoms with van der Waals surface area (Å²) in [5.41, 5.74) is 2.61. The van der Waals surface area contributed by atoms with Gasteiger partial charge in [0.25, 0.3) is 5.78 Å². The molecular formula is C33H25ClN2O5S. The zero-order chi connectivity index (χ0) is 29.2. The molecule has 2 heterocycles. The van der Waals surface area contributed by atoms with Crippen LogP contribution in [0.2, 0.25) is 5.02 Å². The van der Waals surface area contributed by atoms with Crippen LogP contribution in [-0.4, -0.2) is 28.4 Å². The van der Waals surface area contributed by atoms with Crippen LogP contribution in [0.5, 0.6) is 11.5 Å². The molecule has 1 unspecified atom stereocenters. The first-order valence-corrected chi connectivity index (χ1v) is 14.5. The summed E-state index contributed by atoms with van der Waals surface area (Å²) in [6.45, 7) is 2.69. The fourth-order valence-electron chi connectivity index (χ4n) is 4.88. The predicted molar refractivity (Wildman–Crippen MR) is 164 cm³/mol. The molecule has 1 fully saturated rings. The number of aromatic nitrogens is 1. The molecule has 6 rings (SSSR count). The summed E-state index contributed by atoms with van der Waals surface area (Å²) in [4.78, 5) is 33.2. The van der Waals surface area contributed by atoms with E-state index in [1.165, 1.54) is 16.2 Å². The number of ketones is 1. The first kappa shape index (κ1) is 27.5. The van der Waals surface area contributed by atoms with Crippen molar-refractivity contribution >= 4 is 55.7 Å². The molecule has 210 valence electrons. The van der Waals surface area contributed by atoms with Gasteiger partial charge in [-0.3, -0.25) is 14.5 Å². The summed E-state index contributed by atoms with van der Waals surface area (Å²) < 4.78 is 12.3. The van der Waals surface area contributed by atoms with Gasteiger partial charge in [0.2, 0.25) is 0 Å². The summed E-state index contributed by atoms with van der Waals surface area (Å²) in [5.74, 6) is -0.720. The number of Topliss-reactive ketones (excluding diaryl/α,β-unsaturated/α-hetero) is 1. The Bertz CT molecular complexity index is 1820. The Labute approximate surface area is 251 Å². The van der Waals surface area contributed by atoms with Gasteiger partial charge in [-0.15, -0.1) is 0 Å². The Morgan fingerprint density at radius 1 is 0.929 bits per heavy atom. The van der Waals surface area contributed by atoms with Gasteiger partial charge in [-0.2, -0.15) is 0 Å². The van der Waals surface area contributed by atoms with E-state index in [4.69, 9.17) is 21.1 Å². The number of anilines is 1. The number of halogens is 1. The lowest BCUT2D eigenvalue weighted by molar-refractivity contribution is -0.132. The van der Waals surface area contributed by atoms with Crippen molar-refractivity contribution in [1.82, 2.24) is 4.98 Å². The van der Waals surface area contributed by atoms with Crippen LogP contribution in [0, 0.1) is 0 Å². The highest BCUT2D eigenvalue weighted by Crippen LogP contribution is 2.45. The second kappa shape index (κ2) is 11.7. The van der Waals surface area contributed by atoms with Crippen molar-refractivity contribution in [3.05, 3.63) is 124 Å². The Morgan fingerprint density at radius 3 is 2.48 bits per heavy atom. The minimum Gasteiger partial charge on any atom is -0.507 e. The molecule has 0 saturated carbocycles. The van der Waals surface area contributed by atoms with Gasteiger partial charge in [-0.1, -0.05) is 77.5 Å². The van der Waals surface area contributed by atoms with Crippen LogP contribution in [0.4, 0.5) is 5.13 Å². The van der Waals surface area contributed by atoms with Crippen molar-refractivity contribution in [2.75, 3.05) is 11.5 Å². The predicted octanol–water partition coefficient (Wildman–Crippen LogP) is 7.55. The minimum absolute atomic E-state index is 0.0381. The second-order valence-corrected chi connectivity index (χ2v) is 11.0. The van der Waals surface area contributed by atoms with E-state index in [0.717, 1.165) is 10.3 Å². The number of ether oxygens (including phenoxy) is 2. The quantitative estimate of drug-likeness (QED) is 0.113. The van der Waals surface area contributed by atoms with Gasteiger partial charge < -0.3 is 14.6 Å². The van der Waals surface area contributed by atoms with Gasteiger partial charge in [0.15, 0.2) is 5.13 Å². The highest BCUT2D eigenvalue weighted by molar-refractivity contribution is 7.22. The van der Waals surface area contributed by atoms with E-state index in [-0.39, 0.29) is 11.3 Å². The third-order valence-electron chi connectivity index (χ3n) is 6.85. The largest absolute Gasteiger partial charge is 0.507 e. The third kappa shape index (κ3) is 5.34. The molecule has 0 radical (unpaired) electrons. The average Bonchev–Trinajstić information content (AvgIpc) is 3.54. The van der Waals surface area contributed by atoms with Crippen LogP contribution >= 0.6 is 22.9 Å². The Hall–Kier alpha value is -4.66. The van der Waals surface area contributed by atoms with Crippen LogP contribution < -0.4 is 14.4 Å². The summed E-state index contributed by atoms with van der Waals surface area (Å²) >= 11 is 7.44. The molecule has 1 aliphatic rings. The second-order valence-electron chi connectivity index (χ2n) is 9.58. The van der Waals surface area contributed by atoms with Crippen LogP contribution in [-0.2, 0) is 16.2 Å². The number of hydrogen-bond donors (Lipinski definition) is 1. The molecule has 0 bridgehead atoms. The summed E-state index contributed by atoms with van der Waals surface area (Å²) in [6.07, 6.45) is 0. The summed E-state index contributed by atoms with van der Waals surface area (Å²) in [6, 6.07) is 28.1. The molecule has 1 atom stereocenters. The van der Waals surface area contributed by atoms with Crippen molar-refractivity contribution in [2.24, 2.45) is 0 Å². The molecule has 5 aromatic rings. The molecule has 1 amide bonds. The zero-order valence-corrected chi connectivity index (χ0v) is 24.1. The van der Waals surface area contributed by atoms with Gasteiger partial charge in [-0.05, 0) is 60.5 Å². The molecule has 1 saturated heterocycles. The van der Waals surface area contributed by atoms with Crippen LogP contribution in [0.25, 0.3) is 16.0 Å². The van der Waals surface area contributed by atoms with Crippen LogP contribution in [0.1, 0.15) is 29.7 Å². The topological polar surface area (TPSA) is 89.0 Å². The van der Waals surface area contributed by atoms with E-state index in [9.17, 15) is 14.7 Å². The van der Waals surface area contributed by atoms with Crippen molar-refractivity contribution in [1.29, 1.82) is 0 Å². The highest BCUT2D eigenvalue weighted by atomic mass is 35.5. The van der Waals surface area contributed by atoms with E-state index in [1.807, 2.05) is 37.3 Å². The number of thiazole rings is 1. The van der Waals surface area contributed by atoms with E-state index in [2.05, 4.69) is 4.98 Å². The molecule has 1 aliphatic heterocycles. The van der Waals surface area contributed by atoms with Crippen molar-refractivity contribution in [2.45, 2.75) is 19.6 Å². The minimum atomic E-state index is -0.931. The van der Waals surface area contributed by atoms with E-state index in [1.54, 1.807) is 66.7 Å². The van der Waals surface area contributed by atoms with Gasteiger partial charge in [0, 0.05) is 10.6 Å². The molecule has 42 heavy (non-hydrogen) atoms. The average molecular weight is 597 g/mol. The van der Waals surface area contributed by atoms with Crippen LogP contribution in [0.15, 0.2) is 103 Å². The number of hydrogen-bond acceptors (Lipinski definition) is 7.